The zero-order chi connectivity index (χ0) is 11.6. The van der Waals surface area contributed by atoms with Gasteiger partial charge in [0.2, 0.25) is 0 Å². The van der Waals surface area contributed by atoms with E-state index in [1.165, 1.54) is 25.7 Å². The van der Waals surface area contributed by atoms with Gasteiger partial charge in [-0.1, -0.05) is 12.8 Å². The van der Waals surface area contributed by atoms with Crippen LogP contribution in [0.1, 0.15) is 51.9 Å². The summed E-state index contributed by atoms with van der Waals surface area (Å²) in [6, 6.07) is 0. The smallest absolute Gasteiger partial charge is 0.0686 e. The molecule has 1 saturated heterocycles. The summed E-state index contributed by atoms with van der Waals surface area (Å²) in [5.41, 5.74) is 5.07. The van der Waals surface area contributed by atoms with E-state index in [-0.39, 0.29) is 5.60 Å². The fourth-order valence-electron chi connectivity index (χ4n) is 3.42. The van der Waals surface area contributed by atoms with Gasteiger partial charge in [-0.3, -0.25) is 0 Å². The lowest BCUT2D eigenvalue weighted by atomic mass is 9.74. The van der Waals surface area contributed by atoms with Gasteiger partial charge >= 0.3 is 0 Å². The van der Waals surface area contributed by atoms with Gasteiger partial charge in [-0.15, -0.1) is 0 Å². The average molecular weight is 227 g/mol. The summed E-state index contributed by atoms with van der Waals surface area (Å²) >= 11 is 0. The molecule has 1 aliphatic carbocycles. The summed E-state index contributed by atoms with van der Waals surface area (Å²) in [4.78, 5) is 0. The van der Waals surface area contributed by atoms with Crippen molar-refractivity contribution >= 4 is 0 Å². The minimum absolute atomic E-state index is 0.0987. The van der Waals surface area contributed by atoms with E-state index in [2.05, 4.69) is 0 Å². The van der Waals surface area contributed by atoms with Crippen molar-refractivity contribution in [2.45, 2.75) is 63.1 Å². The van der Waals surface area contributed by atoms with Crippen molar-refractivity contribution in [3.63, 3.8) is 0 Å². The Labute approximate surface area is 98.4 Å². The Bertz CT molecular complexity index is 234. The van der Waals surface area contributed by atoms with Crippen LogP contribution in [0, 0.1) is 5.92 Å². The lowest BCUT2D eigenvalue weighted by Crippen LogP contribution is -2.46. The second kappa shape index (κ2) is 4.63. The van der Waals surface area contributed by atoms with Crippen molar-refractivity contribution in [2.24, 2.45) is 11.7 Å². The highest BCUT2D eigenvalue weighted by Crippen LogP contribution is 2.45. The normalized spacial score (nSPS) is 32.8. The van der Waals surface area contributed by atoms with Crippen molar-refractivity contribution in [2.75, 3.05) is 13.2 Å². The van der Waals surface area contributed by atoms with Gasteiger partial charge in [0, 0.05) is 6.61 Å². The monoisotopic (exact) mass is 227 g/mol. The fourth-order valence-corrected chi connectivity index (χ4v) is 3.42. The zero-order valence-electron chi connectivity index (χ0n) is 10.4. The molecule has 94 valence electrons. The van der Waals surface area contributed by atoms with Crippen LogP contribution in [0.15, 0.2) is 0 Å². The fraction of sp³-hybridized carbons (Fsp3) is 1.00. The van der Waals surface area contributed by atoms with Crippen LogP contribution in [0.4, 0.5) is 0 Å². The van der Waals surface area contributed by atoms with Crippen LogP contribution >= 0.6 is 0 Å². The van der Waals surface area contributed by atoms with Crippen molar-refractivity contribution in [1.82, 2.24) is 0 Å². The minimum Gasteiger partial charge on any atom is -0.390 e. The topological polar surface area (TPSA) is 55.5 Å². The zero-order valence-corrected chi connectivity index (χ0v) is 10.4. The van der Waals surface area contributed by atoms with Crippen LogP contribution < -0.4 is 5.73 Å². The molecule has 3 nitrogen and oxygen atoms in total. The van der Waals surface area contributed by atoms with Gasteiger partial charge in [0.05, 0.1) is 11.2 Å². The highest BCUT2D eigenvalue weighted by atomic mass is 16.5. The summed E-state index contributed by atoms with van der Waals surface area (Å²) in [5, 5.41) is 10.4. The molecule has 2 fully saturated rings. The van der Waals surface area contributed by atoms with E-state index in [1.807, 2.05) is 6.92 Å². The van der Waals surface area contributed by atoms with Crippen LogP contribution in [-0.2, 0) is 4.74 Å². The van der Waals surface area contributed by atoms with E-state index in [0.29, 0.717) is 18.9 Å². The molecular weight excluding hydrogens is 202 g/mol. The second-order valence-electron chi connectivity index (χ2n) is 5.82. The molecule has 2 unspecified atom stereocenters. The number of aliphatic hydroxyl groups is 1. The van der Waals surface area contributed by atoms with Gasteiger partial charge in [-0.05, 0) is 51.5 Å². The molecule has 1 spiro atoms. The van der Waals surface area contributed by atoms with Crippen LogP contribution in [0.5, 0.6) is 0 Å². The molecule has 0 radical (unpaired) electrons. The van der Waals surface area contributed by atoms with Crippen molar-refractivity contribution in [3.05, 3.63) is 0 Å². The van der Waals surface area contributed by atoms with Gasteiger partial charge in [-0.2, -0.15) is 0 Å². The largest absolute Gasteiger partial charge is 0.390 e. The number of ether oxygens (including phenoxy) is 1. The third-order valence-corrected chi connectivity index (χ3v) is 4.54. The first-order valence-corrected chi connectivity index (χ1v) is 6.64. The standard InChI is InChI=1S/C13H25NO2/c1-12(15,7-8-14)11-4-9-16-13(10-11)5-2-3-6-13/h11,15H,2-10,14H2,1H3. The summed E-state index contributed by atoms with van der Waals surface area (Å²) in [7, 11) is 0. The molecule has 0 amide bonds. The third kappa shape index (κ3) is 2.41. The first-order valence-electron chi connectivity index (χ1n) is 6.64. The maximum Gasteiger partial charge on any atom is 0.0686 e. The van der Waals surface area contributed by atoms with Crippen molar-refractivity contribution in [3.8, 4) is 0 Å². The Kier molecular flexibility index (Phi) is 3.57. The molecule has 2 atom stereocenters. The highest BCUT2D eigenvalue weighted by molar-refractivity contribution is 4.96. The first kappa shape index (κ1) is 12.3. The molecule has 2 aliphatic rings. The predicted octanol–water partition coefficient (Wildman–Crippen LogP) is 1.83. The van der Waals surface area contributed by atoms with E-state index in [0.717, 1.165) is 19.4 Å². The summed E-state index contributed by atoms with van der Waals surface area (Å²) in [6.45, 7) is 3.32. The molecule has 0 bridgehead atoms. The van der Waals surface area contributed by atoms with Crippen LogP contribution in [0.25, 0.3) is 0 Å². The van der Waals surface area contributed by atoms with E-state index in [4.69, 9.17) is 10.5 Å². The summed E-state index contributed by atoms with van der Waals surface area (Å²) < 4.78 is 5.99. The third-order valence-electron chi connectivity index (χ3n) is 4.54. The van der Waals surface area contributed by atoms with Gasteiger partial charge in [-0.25, -0.2) is 0 Å². The summed E-state index contributed by atoms with van der Waals surface area (Å²) in [5.74, 6) is 0.364. The molecule has 1 aliphatic heterocycles. The van der Waals surface area contributed by atoms with Crippen molar-refractivity contribution in [1.29, 1.82) is 0 Å². The second-order valence-corrected chi connectivity index (χ2v) is 5.82. The summed E-state index contributed by atoms with van der Waals surface area (Å²) in [6.07, 6.45) is 7.64. The average Bonchev–Trinajstić information content (AvgIpc) is 2.66. The van der Waals surface area contributed by atoms with Crippen LogP contribution in [0.3, 0.4) is 0 Å². The lowest BCUT2D eigenvalue weighted by Gasteiger charge is -2.44. The van der Waals surface area contributed by atoms with Gasteiger partial charge < -0.3 is 15.6 Å². The van der Waals surface area contributed by atoms with Gasteiger partial charge in [0.25, 0.3) is 0 Å². The van der Waals surface area contributed by atoms with E-state index < -0.39 is 5.60 Å². The molecule has 0 aromatic rings. The quantitative estimate of drug-likeness (QED) is 0.773. The van der Waals surface area contributed by atoms with Crippen LogP contribution in [0.2, 0.25) is 0 Å². The molecule has 0 aromatic carbocycles. The Hall–Kier alpha value is -0.120. The van der Waals surface area contributed by atoms with Gasteiger partial charge in [0.1, 0.15) is 0 Å². The predicted molar refractivity (Wildman–Crippen MR) is 64.2 cm³/mol. The molecule has 1 heterocycles. The number of hydrogen-bond donors (Lipinski definition) is 2. The molecule has 2 rings (SSSR count). The SMILES string of the molecule is CC(O)(CCN)C1CCOC2(CCCC2)C1. The van der Waals surface area contributed by atoms with Crippen molar-refractivity contribution < 1.29 is 9.84 Å². The Balaban J connectivity index is 2.00. The first-order chi connectivity index (χ1) is 7.58. The number of rotatable bonds is 3. The van der Waals surface area contributed by atoms with Gasteiger partial charge in [0.15, 0.2) is 0 Å². The Morgan fingerprint density at radius 3 is 2.75 bits per heavy atom. The van der Waals surface area contributed by atoms with Crippen LogP contribution in [-0.4, -0.2) is 29.5 Å². The van der Waals surface area contributed by atoms with E-state index in [9.17, 15) is 5.11 Å². The number of hydrogen-bond acceptors (Lipinski definition) is 3. The Morgan fingerprint density at radius 2 is 2.12 bits per heavy atom. The molecule has 1 saturated carbocycles. The lowest BCUT2D eigenvalue weighted by molar-refractivity contribution is -0.136. The molecule has 3 N–H and O–H groups in total. The highest BCUT2D eigenvalue weighted by Gasteiger charge is 2.44. The molecule has 0 aromatic heterocycles. The Morgan fingerprint density at radius 1 is 1.44 bits per heavy atom. The molecule has 3 heteroatoms. The number of nitrogens with two attached hydrogens (primary N) is 1. The minimum atomic E-state index is -0.603. The molecular formula is C13H25NO2. The van der Waals surface area contributed by atoms with E-state index >= 15 is 0 Å². The molecule has 16 heavy (non-hydrogen) atoms. The van der Waals surface area contributed by atoms with E-state index in [1.54, 1.807) is 0 Å². The maximum absolute atomic E-state index is 10.4. The maximum atomic E-state index is 10.4.